The number of aromatic nitrogens is 3. The molecule has 4 heterocycles. The third-order valence-electron chi connectivity index (χ3n) is 6.71. The van der Waals surface area contributed by atoms with Crippen LogP contribution in [0.15, 0.2) is 48.9 Å². The zero-order valence-electron chi connectivity index (χ0n) is 20.7. The van der Waals surface area contributed by atoms with Gasteiger partial charge in [-0.3, -0.25) is 14.0 Å². The van der Waals surface area contributed by atoms with Crippen molar-refractivity contribution in [3.05, 3.63) is 71.6 Å². The summed E-state index contributed by atoms with van der Waals surface area (Å²) in [6.07, 6.45) is 4.47. The highest BCUT2D eigenvalue weighted by atomic mass is 19.1. The Morgan fingerprint density at radius 3 is 2.65 bits per heavy atom. The number of carbonyl (C=O) groups excluding carboxylic acids is 3. The Kier molecular flexibility index (Phi) is 5.08. The van der Waals surface area contributed by atoms with E-state index in [1.807, 2.05) is 22.8 Å². The number of allylic oxidation sites excluding steroid dienone is 2. The Hall–Kier alpha value is -4.27. The number of imidazole rings is 1. The van der Waals surface area contributed by atoms with Crippen LogP contribution in [-0.2, 0) is 27.4 Å². The van der Waals surface area contributed by atoms with Crippen molar-refractivity contribution in [3.63, 3.8) is 0 Å². The minimum absolute atomic E-state index is 0.165. The highest BCUT2D eigenvalue weighted by Crippen LogP contribution is 2.41. The molecule has 0 unspecified atom stereocenters. The van der Waals surface area contributed by atoms with Crippen LogP contribution in [0, 0.1) is 5.82 Å². The molecule has 4 aromatic rings. The van der Waals surface area contributed by atoms with Crippen LogP contribution in [0.25, 0.3) is 27.7 Å². The van der Waals surface area contributed by atoms with Gasteiger partial charge in [-0.05, 0) is 50.6 Å². The Morgan fingerprint density at radius 2 is 1.86 bits per heavy atom. The topological polar surface area (TPSA) is 85.9 Å². The number of halogens is 1. The lowest BCUT2D eigenvalue weighted by atomic mass is 9.98. The number of ether oxygens (including phenoxy) is 1. The molecule has 6 rings (SSSR count). The standard InChI is InChI=1S/C28H25FN4O4/c1-28(2,3)37-27(36)32-9-8-31-15-19(18-11-17(29)10-16(14-32)26(18)31)24-21(34)12-22(35)25(24)20-13-30-23-6-4-5-7-33(20)23/h4-7,10-11,13,15H,8-9,12,14H2,1-3H3. The average molecular weight is 501 g/mol. The van der Waals surface area contributed by atoms with Gasteiger partial charge >= 0.3 is 6.09 Å². The molecule has 8 nitrogen and oxygen atoms in total. The third-order valence-corrected chi connectivity index (χ3v) is 6.71. The van der Waals surface area contributed by atoms with Crippen molar-refractivity contribution >= 4 is 45.4 Å². The van der Waals surface area contributed by atoms with Crippen LogP contribution in [-0.4, -0.2) is 48.7 Å². The van der Waals surface area contributed by atoms with Crippen molar-refractivity contribution in [1.29, 1.82) is 0 Å². The van der Waals surface area contributed by atoms with Crippen molar-refractivity contribution in [3.8, 4) is 0 Å². The summed E-state index contributed by atoms with van der Waals surface area (Å²) in [5.41, 5.74) is 2.96. The van der Waals surface area contributed by atoms with Crippen molar-refractivity contribution < 1.29 is 23.5 Å². The third kappa shape index (κ3) is 3.82. The first-order valence-corrected chi connectivity index (χ1v) is 12.1. The number of nitrogens with zero attached hydrogens (tertiary/aromatic N) is 4. The van der Waals surface area contributed by atoms with Crippen LogP contribution in [0.2, 0.25) is 0 Å². The fourth-order valence-corrected chi connectivity index (χ4v) is 5.26. The van der Waals surface area contributed by atoms with E-state index in [2.05, 4.69) is 4.98 Å². The molecule has 9 heteroatoms. The Morgan fingerprint density at radius 1 is 1.08 bits per heavy atom. The summed E-state index contributed by atoms with van der Waals surface area (Å²) in [5.74, 6) is -1.07. The lowest BCUT2D eigenvalue weighted by molar-refractivity contribution is -0.119. The molecule has 37 heavy (non-hydrogen) atoms. The molecule has 0 bridgehead atoms. The van der Waals surface area contributed by atoms with Gasteiger partial charge in [-0.1, -0.05) is 6.07 Å². The van der Waals surface area contributed by atoms with E-state index in [1.54, 1.807) is 48.7 Å². The van der Waals surface area contributed by atoms with Gasteiger partial charge in [0.15, 0.2) is 11.6 Å². The predicted octanol–water partition coefficient (Wildman–Crippen LogP) is 4.63. The molecule has 1 aromatic carbocycles. The zero-order chi connectivity index (χ0) is 26.1. The van der Waals surface area contributed by atoms with Gasteiger partial charge in [0.2, 0.25) is 0 Å². The molecule has 1 aliphatic carbocycles. The molecule has 0 atom stereocenters. The quantitative estimate of drug-likeness (QED) is 0.375. The summed E-state index contributed by atoms with van der Waals surface area (Å²) < 4.78 is 24.2. The second-order valence-corrected chi connectivity index (χ2v) is 10.4. The van der Waals surface area contributed by atoms with Gasteiger partial charge < -0.3 is 14.2 Å². The summed E-state index contributed by atoms with van der Waals surface area (Å²) in [6.45, 7) is 6.34. The van der Waals surface area contributed by atoms with Crippen LogP contribution in [0.4, 0.5) is 9.18 Å². The maximum absolute atomic E-state index is 14.9. The van der Waals surface area contributed by atoms with E-state index >= 15 is 0 Å². The van der Waals surface area contributed by atoms with Gasteiger partial charge in [0.1, 0.15) is 17.1 Å². The Bertz CT molecular complexity index is 1670. The first kappa shape index (κ1) is 23.1. The normalized spacial score (nSPS) is 16.3. The zero-order valence-corrected chi connectivity index (χ0v) is 20.7. The summed E-state index contributed by atoms with van der Waals surface area (Å²) >= 11 is 0. The minimum atomic E-state index is -0.654. The van der Waals surface area contributed by atoms with Crippen LogP contribution < -0.4 is 0 Å². The average Bonchev–Trinajstić information content (AvgIpc) is 3.43. The number of pyridine rings is 1. The molecule has 0 spiro atoms. The molecule has 2 aliphatic rings. The van der Waals surface area contributed by atoms with Crippen molar-refractivity contribution in [1.82, 2.24) is 18.9 Å². The molecule has 0 saturated heterocycles. The first-order chi connectivity index (χ1) is 17.6. The highest BCUT2D eigenvalue weighted by molar-refractivity contribution is 6.51. The molecule has 0 N–H and O–H groups in total. The van der Waals surface area contributed by atoms with Crippen LogP contribution >= 0.6 is 0 Å². The number of fused-ring (bicyclic) bond motifs is 1. The van der Waals surface area contributed by atoms with Gasteiger partial charge in [0, 0.05) is 42.0 Å². The molecule has 188 valence electrons. The fraction of sp³-hybridized carbons (Fsp3) is 0.286. The van der Waals surface area contributed by atoms with Gasteiger partial charge in [0.05, 0.1) is 35.9 Å². The maximum Gasteiger partial charge on any atom is 0.410 e. The summed E-state index contributed by atoms with van der Waals surface area (Å²) in [4.78, 5) is 45.0. The number of Topliss-reactive ketones (excluding diaryl/α,β-unsaturated/α-hetero) is 2. The Balaban J connectivity index is 1.52. The summed E-state index contributed by atoms with van der Waals surface area (Å²) in [5, 5.41) is 0.533. The summed E-state index contributed by atoms with van der Waals surface area (Å²) in [6, 6.07) is 8.30. The van der Waals surface area contributed by atoms with Crippen molar-refractivity contribution in [2.45, 2.75) is 45.9 Å². The smallest absolute Gasteiger partial charge is 0.410 e. The van der Waals surface area contributed by atoms with Gasteiger partial charge in [-0.25, -0.2) is 14.2 Å². The molecular weight excluding hydrogens is 475 g/mol. The predicted molar refractivity (Wildman–Crippen MR) is 135 cm³/mol. The highest BCUT2D eigenvalue weighted by Gasteiger charge is 2.36. The van der Waals surface area contributed by atoms with Gasteiger partial charge in [-0.15, -0.1) is 0 Å². The lowest BCUT2D eigenvalue weighted by Gasteiger charge is -2.26. The van der Waals surface area contributed by atoms with E-state index < -0.39 is 17.5 Å². The second-order valence-electron chi connectivity index (χ2n) is 10.4. The van der Waals surface area contributed by atoms with E-state index in [9.17, 15) is 18.8 Å². The van der Waals surface area contributed by atoms with Gasteiger partial charge in [-0.2, -0.15) is 0 Å². The number of carbonyl (C=O) groups is 3. The number of benzene rings is 1. The number of hydrogen-bond donors (Lipinski definition) is 0. The molecule has 0 saturated carbocycles. The molecule has 1 aliphatic heterocycles. The van der Waals surface area contributed by atoms with E-state index in [1.165, 1.54) is 12.1 Å². The van der Waals surface area contributed by atoms with Crippen LogP contribution in [0.5, 0.6) is 0 Å². The monoisotopic (exact) mass is 500 g/mol. The largest absolute Gasteiger partial charge is 0.444 e. The fourth-order valence-electron chi connectivity index (χ4n) is 5.26. The molecule has 1 amide bonds. The van der Waals surface area contributed by atoms with E-state index in [-0.39, 0.29) is 30.1 Å². The molecule has 0 fully saturated rings. The van der Waals surface area contributed by atoms with Crippen LogP contribution in [0.1, 0.15) is 44.0 Å². The van der Waals surface area contributed by atoms with E-state index in [4.69, 9.17) is 4.74 Å². The number of rotatable bonds is 2. The summed E-state index contributed by atoms with van der Waals surface area (Å²) in [7, 11) is 0. The Labute approximate surface area is 211 Å². The maximum atomic E-state index is 14.9. The number of ketones is 2. The molecular formula is C28H25FN4O4. The number of amides is 1. The molecule has 3 aromatic heterocycles. The van der Waals surface area contributed by atoms with Crippen LogP contribution in [0.3, 0.4) is 0 Å². The van der Waals surface area contributed by atoms with Crippen molar-refractivity contribution in [2.75, 3.05) is 6.54 Å². The minimum Gasteiger partial charge on any atom is -0.444 e. The van der Waals surface area contributed by atoms with E-state index in [0.717, 1.165) is 5.52 Å². The van der Waals surface area contributed by atoms with E-state index in [0.29, 0.717) is 46.5 Å². The molecule has 0 radical (unpaired) electrons. The van der Waals surface area contributed by atoms with Crippen molar-refractivity contribution in [2.24, 2.45) is 0 Å². The lowest BCUT2D eigenvalue weighted by Crippen LogP contribution is -2.37. The number of hydrogen-bond acceptors (Lipinski definition) is 5. The van der Waals surface area contributed by atoms with Gasteiger partial charge in [0.25, 0.3) is 0 Å². The first-order valence-electron chi connectivity index (χ1n) is 12.1. The second kappa shape index (κ2) is 8.12. The SMILES string of the molecule is CC(C)(C)OC(=O)N1CCn2cc(C3=C(c4cnc5ccccn45)C(=O)CC3=O)c3cc(F)cc(c32)C1.